The largest absolute Gasteiger partial charge is 0.477 e. The van der Waals surface area contributed by atoms with Crippen LogP contribution < -0.4 is 10.1 Å². The topological polar surface area (TPSA) is 77.5 Å². The molecule has 4 rings (SSSR count). The minimum absolute atomic E-state index is 0.00600. The normalized spacial score (nSPS) is 18.8. The molecule has 2 aromatic rings. The molecule has 0 unspecified atom stereocenters. The molecule has 0 spiro atoms. The molecular formula is C28H36N2O4. The van der Waals surface area contributed by atoms with Gasteiger partial charge in [0.05, 0.1) is 36.4 Å². The second-order valence-corrected chi connectivity index (χ2v) is 9.77. The van der Waals surface area contributed by atoms with Crippen LogP contribution in [0.3, 0.4) is 0 Å². The molecule has 2 aliphatic rings. The van der Waals surface area contributed by atoms with Gasteiger partial charge in [-0.15, -0.1) is 0 Å². The highest BCUT2D eigenvalue weighted by atomic mass is 16.5. The molecule has 1 heterocycles. The molecule has 0 radical (unpaired) electrons. The summed E-state index contributed by atoms with van der Waals surface area (Å²) in [6.45, 7) is 2.67. The lowest BCUT2D eigenvalue weighted by Gasteiger charge is -2.29. The van der Waals surface area contributed by atoms with E-state index in [4.69, 9.17) is 14.5 Å². The Hall–Kier alpha value is -2.89. The van der Waals surface area contributed by atoms with E-state index < -0.39 is 5.41 Å². The summed E-state index contributed by atoms with van der Waals surface area (Å²) in [6, 6.07) is 12.8. The molecule has 1 aromatic carbocycles. The average Bonchev–Trinajstić information content (AvgIpc) is 3.39. The van der Waals surface area contributed by atoms with Crippen molar-refractivity contribution in [1.29, 1.82) is 0 Å². The first kappa shape index (κ1) is 24.2. The lowest BCUT2D eigenvalue weighted by Crippen LogP contribution is -2.44. The molecule has 6 heteroatoms. The van der Waals surface area contributed by atoms with Gasteiger partial charge < -0.3 is 14.8 Å². The van der Waals surface area contributed by atoms with Crippen molar-refractivity contribution in [3.8, 4) is 5.88 Å². The maximum Gasteiger partial charge on any atom is 0.337 e. The van der Waals surface area contributed by atoms with Gasteiger partial charge in [0.2, 0.25) is 11.8 Å². The van der Waals surface area contributed by atoms with Crippen LogP contribution in [-0.2, 0) is 14.9 Å². The molecule has 182 valence electrons. The molecule has 1 N–H and O–H groups in total. The summed E-state index contributed by atoms with van der Waals surface area (Å²) in [5, 5.41) is 3.21. The van der Waals surface area contributed by atoms with Gasteiger partial charge >= 0.3 is 5.97 Å². The Morgan fingerprint density at radius 2 is 1.74 bits per heavy atom. The summed E-state index contributed by atoms with van der Waals surface area (Å²) in [5.74, 6) is 0.860. The first-order chi connectivity index (χ1) is 16.5. The van der Waals surface area contributed by atoms with Gasteiger partial charge in [-0.05, 0) is 62.3 Å². The SMILES string of the molecule is COC(=O)c1ccc([C@H](C)NC(=O)C2(c3cccc(OCC4CCCCC4)n3)CCCC2)cc1. The third-order valence-corrected chi connectivity index (χ3v) is 7.48. The number of ether oxygens (including phenoxy) is 2. The van der Waals surface area contributed by atoms with Gasteiger partial charge in [0.25, 0.3) is 0 Å². The molecule has 0 aliphatic heterocycles. The van der Waals surface area contributed by atoms with Crippen molar-refractivity contribution in [3.63, 3.8) is 0 Å². The zero-order valence-electron chi connectivity index (χ0n) is 20.3. The molecule has 1 aromatic heterocycles. The van der Waals surface area contributed by atoms with Crippen molar-refractivity contribution >= 4 is 11.9 Å². The zero-order valence-corrected chi connectivity index (χ0v) is 20.3. The van der Waals surface area contributed by atoms with Crippen LogP contribution in [0.1, 0.15) is 92.4 Å². The third kappa shape index (κ3) is 5.43. The Balaban J connectivity index is 1.46. The highest BCUT2D eigenvalue weighted by molar-refractivity contribution is 5.90. The van der Waals surface area contributed by atoms with Gasteiger partial charge in [-0.3, -0.25) is 4.79 Å². The maximum absolute atomic E-state index is 13.6. The number of pyridine rings is 1. The lowest BCUT2D eigenvalue weighted by atomic mass is 9.80. The van der Waals surface area contributed by atoms with Crippen molar-refractivity contribution in [2.45, 2.75) is 76.2 Å². The van der Waals surface area contributed by atoms with Crippen LogP contribution in [0.2, 0.25) is 0 Å². The van der Waals surface area contributed by atoms with Gasteiger partial charge in [0.15, 0.2) is 0 Å². The Kier molecular flexibility index (Phi) is 7.86. The summed E-state index contributed by atoms with van der Waals surface area (Å²) >= 11 is 0. The van der Waals surface area contributed by atoms with E-state index in [-0.39, 0.29) is 17.9 Å². The fraction of sp³-hybridized carbons (Fsp3) is 0.536. The van der Waals surface area contributed by atoms with Crippen LogP contribution in [0, 0.1) is 5.92 Å². The van der Waals surface area contributed by atoms with Crippen LogP contribution >= 0.6 is 0 Å². The first-order valence-corrected chi connectivity index (χ1v) is 12.6. The highest BCUT2D eigenvalue weighted by Gasteiger charge is 2.44. The van der Waals surface area contributed by atoms with Crippen LogP contribution in [0.15, 0.2) is 42.5 Å². The summed E-state index contributed by atoms with van der Waals surface area (Å²) < 4.78 is 10.8. The Bertz CT molecular complexity index is 976. The summed E-state index contributed by atoms with van der Waals surface area (Å²) in [6.07, 6.45) is 9.93. The van der Waals surface area contributed by atoms with E-state index >= 15 is 0 Å². The number of benzene rings is 1. The molecule has 1 amide bonds. The molecule has 2 fully saturated rings. The van der Waals surface area contributed by atoms with E-state index in [1.807, 2.05) is 37.3 Å². The number of amides is 1. The Morgan fingerprint density at radius 3 is 2.41 bits per heavy atom. The lowest BCUT2D eigenvalue weighted by molar-refractivity contribution is -0.127. The third-order valence-electron chi connectivity index (χ3n) is 7.48. The molecule has 34 heavy (non-hydrogen) atoms. The average molecular weight is 465 g/mol. The van der Waals surface area contributed by atoms with Gasteiger partial charge in [-0.1, -0.05) is 50.3 Å². The molecule has 6 nitrogen and oxygen atoms in total. The van der Waals surface area contributed by atoms with Crippen molar-refractivity contribution in [2.75, 3.05) is 13.7 Å². The first-order valence-electron chi connectivity index (χ1n) is 12.6. The van der Waals surface area contributed by atoms with Crippen LogP contribution in [0.5, 0.6) is 5.88 Å². The Labute approximate surface area is 202 Å². The zero-order chi connectivity index (χ0) is 24.0. The second-order valence-electron chi connectivity index (χ2n) is 9.77. The molecule has 2 aliphatic carbocycles. The van der Waals surface area contributed by atoms with Crippen LogP contribution in [0.25, 0.3) is 0 Å². The smallest absolute Gasteiger partial charge is 0.337 e. The number of carbonyl (C=O) groups excluding carboxylic acids is 2. The fourth-order valence-corrected chi connectivity index (χ4v) is 5.34. The number of carbonyl (C=O) groups is 2. The van der Waals surface area contributed by atoms with Crippen molar-refractivity contribution < 1.29 is 19.1 Å². The highest BCUT2D eigenvalue weighted by Crippen LogP contribution is 2.41. The fourth-order valence-electron chi connectivity index (χ4n) is 5.34. The number of hydrogen-bond donors (Lipinski definition) is 1. The molecule has 0 saturated heterocycles. The molecule has 0 bridgehead atoms. The Morgan fingerprint density at radius 1 is 1.03 bits per heavy atom. The predicted molar refractivity (Wildman–Crippen MR) is 131 cm³/mol. The number of methoxy groups -OCH3 is 1. The van der Waals surface area contributed by atoms with Crippen LogP contribution in [0.4, 0.5) is 0 Å². The summed E-state index contributed by atoms with van der Waals surface area (Å²) in [4.78, 5) is 30.1. The van der Waals surface area contributed by atoms with Crippen molar-refractivity contribution in [1.82, 2.24) is 10.3 Å². The number of hydrogen-bond acceptors (Lipinski definition) is 5. The van der Waals surface area contributed by atoms with E-state index in [1.165, 1.54) is 39.2 Å². The van der Waals surface area contributed by atoms with Gasteiger partial charge in [0.1, 0.15) is 0 Å². The molecule has 1 atom stereocenters. The number of nitrogens with zero attached hydrogens (tertiary/aromatic N) is 1. The van der Waals surface area contributed by atoms with Crippen molar-refractivity contribution in [3.05, 3.63) is 59.3 Å². The van der Waals surface area contributed by atoms with E-state index in [2.05, 4.69) is 5.32 Å². The maximum atomic E-state index is 13.6. The number of aromatic nitrogens is 1. The van der Waals surface area contributed by atoms with Gasteiger partial charge in [-0.2, -0.15) is 0 Å². The van der Waals surface area contributed by atoms with Crippen LogP contribution in [-0.4, -0.2) is 30.6 Å². The predicted octanol–water partition coefficient (Wildman–Crippen LogP) is 5.52. The van der Waals surface area contributed by atoms with Gasteiger partial charge in [0, 0.05) is 6.07 Å². The number of nitrogens with one attached hydrogen (secondary N) is 1. The summed E-state index contributed by atoms with van der Waals surface area (Å²) in [5.41, 5.74) is 1.60. The number of rotatable bonds is 8. The monoisotopic (exact) mass is 464 g/mol. The number of esters is 1. The summed E-state index contributed by atoms with van der Waals surface area (Å²) in [7, 11) is 1.37. The van der Waals surface area contributed by atoms with E-state index in [1.54, 1.807) is 12.1 Å². The standard InChI is InChI=1S/C28H36N2O4/c1-20(22-13-15-23(16-14-22)26(31)33-2)29-27(32)28(17-6-7-18-28)24-11-8-12-25(30-24)34-19-21-9-4-3-5-10-21/h8,11-16,20-21H,3-7,9-10,17-19H2,1-2H3,(H,29,32)/t20-/m0/s1. The molecule has 2 saturated carbocycles. The van der Waals surface area contributed by atoms with E-state index in [0.717, 1.165) is 36.9 Å². The minimum Gasteiger partial charge on any atom is -0.477 e. The van der Waals surface area contributed by atoms with E-state index in [9.17, 15) is 9.59 Å². The molecular weight excluding hydrogens is 428 g/mol. The van der Waals surface area contributed by atoms with E-state index in [0.29, 0.717) is 24.0 Å². The second kappa shape index (κ2) is 11.0. The minimum atomic E-state index is -0.634. The quantitative estimate of drug-likeness (QED) is 0.521. The van der Waals surface area contributed by atoms with Crippen molar-refractivity contribution in [2.24, 2.45) is 5.92 Å². The van der Waals surface area contributed by atoms with Gasteiger partial charge in [-0.25, -0.2) is 9.78 Å².